The molecule has 3 fully saturated rings. The number of aryl methyl sites for hydroxylation is 1. The van der Waals surface area contributed by atoms with Gasteiger partial charge < -0.3 is 4.90 Å². The number of hydrogen-bond acceptors (Lipinski definition) is 4. The van der Waals surface area contributed by atoms with Gasteiger partial charge in [0.1, 0.15) is 0 Å². The predicted molar refractivity (Wildman–Crippen MR) is 90.8 cm³/mol. The Morgan fingerprint density at radius 1 is 1.22 bits per heavy atom. The number of nitrogens with zero attached hydrogens (tertiary/aromatic N) is 3. The third-order valence-corrected chi connectivity index (χ3v) is 7.54. The van der Waals surface area contributed by atoms with E-state index in [-0.39, 0.29) is 17.9 Å². The smallest absolute Gasteiger partial charge is 0.281 e. The first-order valence-corrected chi connectivity index (χ1v) is 10.1. The molecule has 3 aliphatic rings. The molecule has 2 atom stereocenters. The summed E-state index contributed by atoms with van der Waals surface area (Å²) >= 11 is 1.50. The van der Waals surface area contributed by atoms with Crippen molar-refractivity contribution < 1.29 is 13.2 Å². The molecule has 0 aliphatic carbocycles. The van der Waals surface area contributed by atoms with Crippen LogP contribution in [-0.2, 0) is 10.2 Å². The Balaban J connectivity index is 1.83. The van der Waals surface area contributed by atoms with Crippen molar-refractivity contribution in [2.75, 3.05) is 33.7 Å². The first-order valence-electron chi connectivity index (χ1n) is 7.84. The summed E-state index contributed by atoms with van der Waals surface area (Å²) in [5.41, 5.74) is 0. The lowest BCUT2D eigenvalue weighted by Gasteiger charge is -2.35. The summed E-state index contributed by atoms with van der Waals surface area (Å²) in [7, 11) is -0.317. The fourth-order valence-electron chi connectivity index (χ4n) is 3.40. The lowest BCUT2D eigenvalue weighted by molar-refractivity contribution is 0.0593. The Kier molecular flexibility index (Phi) is 4.52. The zero-order valence-electron chi connectivity index (χ0n) is 13.7. The van der Waals surface area contributed by atoms with Crippen LogP contribution in [0.1, 0.15) is 27.4 Å². The highest BCUT2D eigenvalue weighted by Crippen LogP contribution is 2.31. The van der Waals surface area contributed by atoms with E-state index in [9.17, 15) is 13.2 Å². The molecular weight excluding hydrogens is 334 g/mol. The van der Waals surface area contributed by atoms with Crippen LogP contribution in [0.25, 0.3) is 0 Å². The molecule has 3 saturated heterocycles. The molecule has 8 heteroatoms. The van der Waals surface area contributed by atoms with Gasteiger partial charge in [0.2, 0.25) is 0 Å². The molecular formula is C15H23N3O3S2. The third-order valence-electron chi connectivity index (χ3n) is 4.68. The van der Waals surface area contributed by atoms with E-state index < -0.39 is 10.2 Å². The maximum Gasteiger partial charge on any atom is 0.281 e. The molecule has 0 spiro atoms. The van der Waals surface area contributed by atoms with Gasteiger partial charge in [-0.1, -0.05) is 0 Å². The van der Waals surface area contributed by atoms with E-state index in [0.717, 1.165) is 22.6 Å². The minimum absolute atomic E-state index is 0.0293. The monoisotopic (exact) mass is 357 g/mol. The first-order chi connectivity index (χ1) is 10.8. The summed E-state index contributed by atoms with van der Waals surface area (Å²) in [5, 5.41) is 0. The molecule has 0 aromatic carbocycles. The highest BCUT2D eigenvalue weighted by atomic mass is 32.2. The number of fused-ring (bicyclic) bond motifs is 4. The average molecular weight is 358 g/mol. The van der Waals surface area contributed by atoms with Crippen LogP contribution in [0.5, 0.6) is 0 Å². The highest BCUT2D eigenvalue weighted by molar-refractivity contribution is 7.86. The summed E-state index contributed by atoms with van der Waals surface area (Å²) in [6.45, 7) is 3.54. The maximum atomic E-state index is 12.8. The molecule has 23 heavy (non-hydrogen) atoms. The molecule has 4 rings (SSSR count). The first kappa shape index (κ1) is 16.9. The van der Waals surface area contributed by atoms with Gasteiger partial charge in [-0.15, -0.1) is 11.3 Å². The number of carbonyl (C=O) groups is 1. The van der Waals surface area contributed by atoms with Gasteiger partial charge in [-0.05, 0) is 37.8 Å². The largest absolute Gasteiger partial charge is 0.333 e. The van der Waals surface area contributed by atoms with Gasteiger partial charge in [-0.3, -0.25) is 4.79 Å². The number of thiophene rings is 1. The molecule has 0 unspecified atom stereocenters. The second kappa shape index (κ2) is 6.16. The van der Waals surface area contributed by atoms with E-state index in [2.05, 4.69) is 0 Å². The highest BCUT2D eigenvalue weighted by Gasteiger charge is 2.41. The summed E-state index contributed by atoms with van der Waals surface area (Å²) in [4.78, 5) is 16.6. The van der Waals surface area contributed by atoms with Crippen LogP contribution in [0, 0.1) is 12.8 Å². The molecule has 0 saturated carbocycles. The Labute approximate surface area is 141 Å². The van der Waals surface area contributed by atoms with Crippen molar-refractivity contribution in [3.63, 3.8) is 0 Å². The fourth-order valence-corrected chi connectivity index (χ4v) is 5.44. The number of carbonyl (C=O) groups excluding carboxylic acids is 1. The second-order valence-electron chi connectivity index (χ2n) is 6.57. The van der Waals surface area contributed by atoms with E-state index in [1.807, 2.05) is 24.0 Å². The van der Waals surface area contributed by atoms with Gasteiger partial charge in [-0.25, -0.2) is 0 Å². The van der Waals surface area contributed by atoms with Gasteiger partial charge in [0, 0.05) is 44.6 Å². The SMILES string of the molecule is Cc1ccc(C(=O)N2C[C@@H]3CC[C@H]2CN(S(=O)(=O)N(C)C)C3)s1. The number of amides is 1. The number of piperidine rings is 1. The predicted octanol–water partition coefficient (Wildman–Crippen LogP) is 1.40. The molecule has 4 heterocycles. The van der Waals surface area contributed by atoms with Crippen LogP contribution >= 0.6 is 11.3 Å². The van der Waals surface area contributed by atoms with Crippen molar-refractivity contribution in [2.45, 2.75) is 25.8 Å². The van der Waals surface area contributed by atoms with Gasteiger partial charge in [0.25, 0.3) is 16.1 Å². The lowest BCUT2D eigenvalue weighted by Crippen LogP contribution is -2.48. The van der Waals surface area contributed by atoms with E-state index in [4.69, 9.17) is 0 Å². The van der Waals surface area contributed by atoms with E-state index in [1.165, 1.54) is 15.6 Å². The molecule has 3 aliphatic heterocycles. The molecule has 0 N–H and O–H groups in total. The van der Waals surface area contributed by atoms with Crippen LogP contribution in [0.4, 0.5) is 0 Å². The molecule has 128 valence electrons. The van der Waals surface area contributed by atoms with Crippen LogP contribution in [-0.4, -0.2) is 67.6 Å². The number of hydrogen-bond donors (Lipinski definition) is 0. The zero-order valence-corrected chi connectivity index (χ0v) is 15.4. The average Bonchev–Trinajstić information content (AvgIpc) is 2.73. The minimum Gasteiger partial charge on any atom is -0.333 e. The van der Waals surface area contributed by atoms with Crippen LogP contribution in [0.15, 0.2) is 12.1 Å². The van der Waals surface area contributed by atoms with Crippen molar-refractivity contribution in [3.05, 3.63) is 21.9 Å². The van der Waals surface area contributed by atoms with Gasteiger partial charge >= 0.3 is 0 Å². The summed E-state index contributed by atoms with van der Waals surface area (Å²) < 4.78 is 27.7. The molecule has 1 aromatic rings. The van der Waals surface area contributed by atoms with E-state index >= 15 is 0 Å². The molecule has 2 bridgehead atoms. The summed E-state index contributed by atoms with van der Waals surface area (Å²) in [5.74, 6) is 0.260. The quantitative estimate of drug-likeness (QED) is 0.821. The number of rotatable bonds is 3. The Morgan fingerprint density at radius 2 is 1.96 bits per heavy atom. The van der Waals surface area contributed by atoms with Crippen molar-refractivity contribution in [1.82, 2.24) is 13.5 Å². The summed E-state index contributed by atoms with van der Waals surface area (Å²) in [6.07, 6.45) is 1.86. The topological polar surface area (TPSA) is 60.9 Å². The minimum atomic E-state index is -3.43. The third kappa shape index (κ3) is 3.17. The van der Waals surface area contributed by atoms with Crippen molar-refractivity contribution >= 4 is 27.5 Å². The maximum absolute atomic E-state index is 12.8. The van der Waals surface area contributed by atoms with Crippen molar-refractivity contribution in [3.8, 4) is 0 Å². The van der Waals surface area contributed by atoms with Gasteiger partial charge in [-0.2, -0.15) is 17.0 Å². The Morgan fingerprint density at radius 3 is 2.57 bits per heavy atom. The van der Waals surface area contributed by atoms with Crippen molar-refractivity contribution in [1.29, 1.82) is 0 Å². The lowest BCUT2D eigenvalue weighted by atomic mass is 9.95. The van der Waals surface area contributed by atoms with E-state index in [0.29, 0.717) is 19.6 Å². The van der Waals surface area contributed by atoms with Crippen LogP contribution in [0.3, 0.4) is 0 Å². The van der Waals surface area contributed by atoms with Gasteiger partial charge in [0.15, 0.2) is 0 Å². The molecule has 1 aromatic heterocycles. The molecule has 6 nitrogen and oxygen atoms in total. The summed E-state index contributed by atoms with van der Waals surface area (Å²) in [6, 6.07) is 3.80. The molecule has 1 amide bonds. The van der Waals surface area contributed by atoms with Crippen LogP contribution < -0.4 is 0 Å². The second-order valence-corrected chi connectivity index (χ2v) is 10.0. The Bertz CT molecular complexity index is 699. The zero-order chi connectivity index (χ0) is 16.8. The fraction of sp³-hybridized carbons (Fsp3) is 0.667. The molecule has 0 radical (unpaired) electrons. The standard InChI is InChI=1S/C15H23N3O3S2/c1-11-4-7-14(22-11)15(19)18-9-12-5-6-13(18)10-17(8-12)23(20,21)16(2)3/h4,7,12-13H,5-6,8-10H2,1-3H3/t12-,13+/m1/s1. The van der Waals surface area contributed by atoms with Crippen LogP contribution in [0.2, 0.25) is 0 Å². The van der Waals surface area contributed by atoms with Crippen molar-refractivity contribution in [2.24, 2.45) is 5.92 Å². The van der Waals surface area contributed by atoms with E-state index in [1.54, 1.807) is 18.4 Å². The van der Waals surface area contributed by atoms with Gasteiger partial charge in [0.05, 0.1) is 4.88 Å². The normalized spacial score (nSPS) is 25.8. The Hall–Kier alpha value is -0.960.